The highest BCUT2D eigenvalue weighted by atomic mass is 16.5. The molecule has 0 aliphatic heterocycles. The van der Waals surface area contributed by atoms with Crippen LogP contribution in [-0.2, 0) is 6.54 Å². The summed E-state index contributed by atoms with van der Waals surface area (Å²) in [5.41, 5.74) is 3.20. The van der Waals surface area contributed by atoms with Crippen molar-refractivity contribution in [1.29, 1.82) is 0 Å². The smallest absolute Gasteiger partial charge is 0.251 e. The van der Waals surface area contributed by atoms with Crippen molar-refractivity contribution in [2.24, 2.45) is 0 Å². The first-order valence-corrected chi connectivity index (χ1v) is 9.91. The summed E-state index contributed by atoms with van der Waals surface area (Å²) in [5, 5.41) is 2.95. The van der Waals surface area contributed by atoms with Crippen molar-refractivity contribution in [3.63, 3.8) is 0 Å². The molecular formula is C25H23N3O3. The first-order valence-electron chi connectivity index (χ1n) is 9.91. The zero-order valence-electron chi connectivity index (χ0n) is 17.4. The third-order valence-electron chi connectivity index (χ3n) is 4.76. The van der Waals surface area contributed by atoms with Crippen LogP contribution in [0.2, 0.25) is 0 Å². The topological polar surface area (TPSA) is 65.4 Å². The van der Waals surface area contributed by atoms with E-state index >= 15 is 0 Å². The van der Waals surface area contributed by atoms with E-state index in [1.54, 1.807) is 25.6 Å². The minimum absolute atomic E-state index is 0.180. The quantitative estimate of drug-likeness (QED) is 0.467. The van der Waals surface area contributed by atoms with E-state index in [2.05, 4.69) is 10.3 Å². The summed E-state index contributed by atoms with van der Waals surface area (Å²) in [7, 11) is 1.59. The van der Waals surface area contributed by atoms with E-state index in [9.17, 15) is 4.79 Å². The number of methoxy groups -OCH3 is 1. The number of nitrogens with one attached hydrogen (secondary N) is 1. The van der Waals surface area contributed by atoms with Crippen molar-refractivity contribution in [3.05, 3.63) is 102 Å². The molecule has 0 aliphatic carbocycles. The van der Waals surface area contributed by atoms with Gasteiger partial charge in [-0.2, -0.15) is 0 Å². The van der Waals surface area contributed by atoms with Crippen LogP contribution in [0.25, 0.3) is 5.69 Å². The minimum Gasteiger partial charge on any atom is -0.495 e. The largest absolute Gasteiger partial charge is 0.495 e. The number of para-hydroxylation sites is 1. The van der Waals surface area contributed by atoms with Gasteiger partial charge in [0.15, 0.2) is 0 Å². The lowest BCUT2D eigenvalue weighted by Crippen LogP contribution is -2.22. The van der Waals surface area contributed by atoms with Crippen molar-refractivity contribution in [2.75, 3.05) is 7.11 Å². The Kier molecular flexibility index (Phi) is 5.98. The third-order valence-corrected chi connectivity index (χ3v) is 4.76. The fourth-order valence-electron chi connectivity index (χ4n) is 3.21. The summed E-state index contributed by atoms with van der Waals surface area (Å²) < 4.78 is 13.2. The van der Waals surface area contributed by atoms with Crippen LogP contribution in [0, 0.1) is 6.92 Å². The van der Waals surface area contributed by atoms with Crippen molar-refractivity contribution in [1.82, 2.24) is 14.9 Å². The van der Waals surface area contributed by atoms with Crippen LogP contribution in [0.5, 0.6) is 17.2 Å². The van der Waals surface area contributed by atoms with Crippen LogP contribution in [-0.4, -0.2) is 22.6 Å². The van der Waals surface area contributed by atoms with Gasteiger partial charge in [0, 0.05) is 18.3 Å². The molecule has 0 bridgehead atoms. The average molecular weight is 413 g/mol. The predicted molar refractivity (Wildman–Crippen MR) is 119 cm³/mol. The van der Waals surface area contributed by atoms with E-state index in [-0.39, 0.29) is 5.91 Å². The molecular weight excluding hydrogens is 390 g/mol. The van der Waals surface area contributed by atoms with Crippen molar-refractivity contribution < 1.29 is 14.3 Å². The highest BCUT2D eigenvalue weighted by Gasteiger charge is 2.12. The standard InChI is InChI=1S/C25H23N3O3/c1-18-16-28(17-27-18)23-12-11-20(14-24(23)30-2)25(29)26-15-19-7-6-10-22(13-19)31-21-8-4-3-5-9-21/h3-14,16-17H,15H2,1-2H3,(H,26,29). The van der Waals surface area contributed by atoms with E-state index in [1.165, 1.54) is 0 Å². The van der Waals surface area contributed by atoms with Gasteiger partial charge in [-0.05, 0) is 55.0 Å². The van der Waals surface area contributed by atoms with Crippen LogP contribution >= 0.6 is 0 Å². The highest BCUT2D eigenvalue weighted by Crippen LogP contribution is 2.25. The van der Waals surface area contributed by atoms with Gasteiger partial charge in [-0.25, -0.2) is 4.98 Å². The first kappa shape index (κ1) is 20.2. The molecule has 31 heavy (non-hydrogen) atoms. The predicted octanol–water partition coefficient (Wildman–Crippen LogP) is 4.91. The summed E-state index contributed by atoms with van der Waals surface area (Å²) in [6.07, 6.45) is 3.62. The first-order chi connectivity index (χ1) is 15.1. The van der Waals surface area contributed by atoms with Crippen LogP contribution < -0.4 is 14.8 Å². The number of hydrogen-bond donors (Lipinski definition) is 1. The number of carbonyl (C=O) groups excluding carboxylic acids is 1. The molecule has 0 saturated heterocycles. The normalized spacial score (nSPS) is 10.5. The number of benzene rings is 3. The lowest BCUT2D eigenvalue weighted by molar-refractivity contribution is 0.0950. The SMILES string of the molecule is COc1cc(C(=O)NCc2cccc(Oc3ccccc3)c2)ccc1-n1cnc(C)c1. The molecule has 0 radical (unpaired) electrons. The molecule has 1 N–H and O–H groups in total. The van der Waals surface area contributed by atoms with E-state index < -0.39 is 0 Å². The fourth-order valence-corrected chi connectivity index (χ4v) is 3.21. The van der Waals surface area contributed by atoms with E-state index in [1.807, 2.05) is 78.4 Å². The molecule has 0 aliphatic rings. The average Bonchev–Trinajstić information content (AvgIpc) is 3.24. The number of rotatable bonds is 7. The van der Waals surface area contributed by atoms with Crippen LogP contribution in [0.3, 0.4) is 0 Å². The number of aryl methyl sites for hydroxylation is 1. The minimum atomic E-state index is -0.180. The van der Waals surface area contributed by atoms with Gasteiger partial charge in [0.1, 0.15) is 17.2 Å². The zero-order chi connectivity index (χ0) is 21.6. The molecule has 156 valence electrons. The Bertz CT molecular complexity index is 1190. The summed E-state index contributed by atoms with van der Waals surface area (Å²) in [4.78, 5) is 16.9. The van der Waals surface area contributed by atoms with E-state index in [0.717, 1.165) is 28.4 Å². The summed E-state index contributed by atoms with van der Waals surface area (Å²) in [6.45, 7) is 2.31. The molecule has 3 aromatic carbocycles. The van der Waals surface area contributed by atoms with Crippen molar-refractivity contribution in [2.45, 2.75) is 13.5 Å². The maximum Gasteiger partial charge on any atom is 0.251 e. The Morgan fingerprint density at radius 1 is 1.00 bits per heavy atom. The van der Waals surface area contributed by atoms with Crippen LogP contribution in [0.15, 0.2) is 85.3 Å². The lowest BCUT2D eigenvalue weighted by atomic mass is 10.1. The number of nitrogens with zero attached hydrogens (tertiary/aromatic N) is 2. The van der Waals surface area contributed by atoms with Gasteiger partial charge in [0.2, 0.25) is 0 Å². The Balaban J connectivity index is 1.43. The Morgan fingerprint density at radius 3 is 2.55 bits per heavy atom. The molecule has 1 heterocycles. The number of imidazole rings is 1. The van der Waals surface area contributed by atoms with E-state index in [0.29, 0.717) is 17.9 Å². The molecule has 1 aromatic heterocycles. The maximum atomic E-state index is 12.7. The van der Waals surface area contributed by atoms with Crippen molar-refractivity contribution in [3.8, 4) is 22.9 Å². The van der Waals surface area contributed by atoms with Crippen molar-refractivity contribution >= 4 is 5.91 Å². The van der Waals surface area contributed by atoms with Gasteiger partial charge in [0.25, 0.3) is 5.91 Å². The lowest BCUT2D eigenvalue weighted by Gasteiger charge is -2.12. The van der Waals surface area contributed by atoms with Crippen LogP contribution in [0.4, 0.5) is 0 Å². The zero-order valence-corrected chi connectivity index (χ0v) is 17.4. The third kappa shape index (κ3) is 4.93. The van der Waals surface area contributed by atoms with Gasteiger partial charge >= 0.3 is 0 Å². The van der Waals surface area contributed by atoms with E-state index in [4.69, 9.17) is 9.47 Å². The highest BCUT2D eigenvalue weighted by molar-refractivity contribution is 5.95. The number of amides is 1. The number of ether oxygens (including phenoxy) is 2. The summed E-state index contributed by atoms with van der Waals surface area (Å²) in [6, 6.07) is 22.6. The Hall–Kier alpha value is -4.06. The maximum absolute atomic E-state index is 12.7. The number of aromatic nitrogens is 2. The molecule has 0 atom stereocenters. The second-order valence-corrected chi connectivity index (χ2v) is 7.05. The molecule has 6 nitrogen and oxygen atoms in total. The van der Waals surface area contributed by atoms with Gasteiger partial charge < -0.3 is 19.4 Å². The molecule has 4 aromatic rings. The summed E-state index contributed by atoms with van der Waals surface area (Å²) >= 11 is 0. The molecule has 0 fully saturated rings. The van der Waals surface area contributed by atoms with Gasteiger partial charge in [0.05, 0.1) is 24.8 Å². The number of hydrogen-bond acceptors (Lipinski definition) is 4. The molecule has 0 spiro atoms. The van der Waals surface area contributed by atoms with Gasteiger partial charge in [-0.3, -0.25) is 4.79 Å². The fraction of sp³-hybridized carbons (Fsp3) is 0.120. The molecule has 0 saturated carbocycles. The van der Waals surface area contributed by atoms with Gasteiger partial charge in [-0.1, -0.05) is 30.3 Å². The second kappa shape index (κ2) is 9.17. The Morgan fingerprint density at radius 2 is 1.81 bits per heavy atom. The molecule has 4 rings (SSSR count). The van der Waals surface area contributed by atoms with Gasteiger partial charge in [-0.15, -0.1) is 0 Å². The second-order valence-electron chi connectivity index (χ2n) is 7.05. The van der Waals surface area contributed by atoms with Crippen LogP contribution in [0.1, 0.15) is 21.6 Å². The summed E-state index contributed by atoms with van der Waals surface area (Å²) in [5.74, 6) is 1.91. The molecule has 6 heteroatoms. The molecule has 1 amide bonds. The monoisotopic (exact) mass is 413 g/mol. The molecule has 0 unspecified atom stereocenters. The number of carbonyl (C=O) groups is 1. The Labute approximate surface area is 181 Å².